The van der Waals surface area contributed by atoms with Gasteiger partial charge in [0.15, 0.2) is 0 Å². The number of nitrogens with zero attached hydrogens (tertiary/aromatic N) is 3. The lowest BCUT2D eigenvalue weighted by Gasteiger charge is -2.38. The summed E-state index contributed by atoms with van der Waals surface area (Å²) in [6, 6.07) is 10.8. The molecule has 2 aromatic heterocycles. The molecule has 3 nitrogen and oxygen atoms in total. The Balaban J connectivity index is 1.69. The molecule has 0 radical (unpaired) electrons. The number of pyridine rings is 1. The average molecular weight is 352 g/mol. The lowest BCUT2D eigenvalue weighted by Crippen LogP contribution is -2.35. The van der Waals surface area contributed by atoms with Gasteiger partial charge in [-0.1, -0.05) is 11.6 Å². The normalized spacial score (nSPS) is 23.0. The van der Waals surface area contributed by atoms with Crippen LogP contribution in [-0.2, 0) is 13.1 Å². The zero-order valence-corrected chi connectivity index (χ0v) is 15.4. The highest BCUT2D eigenvalue weighted by Crippen LogP contribution is 2.45. The molecule has 2 atom stereocenters. The fraction of sp³-hybridized carbons (Fsp3) is 0.381. The molecule has 0 saturated heterocycles. The monoisotopic (exact) mass is 351 g/mol. The SMILES string of the molecule is Cc1cc(C2CC3CN(C)Cc4c3n(c3ccc(Cl)cc43)C2)ccn1. The molecular weight excluding hydrogens is 330 g/mol. The molecule has 4 heteroatoms. The molecule has 2 unspecified atom stereocenters. The highest BCUT2D eigenvalue weighted by atomic mass is 35.5. The third kappa shape index (κ3) is 2.41. The van der Waals surface area contributed by atoms with Crippen molar-refractivity contribution >= 4 is 22.5 Å². The number of hydrogen-bond acceptors (Lipinski definition) is 2. The Hall–Kier alpha value is -1.84. The fourth-order valence-electron chi connectivity index (χ4n) is 4.93. The minimum atomic E-state index is 0.546. The number of benzene rings is 1. The van der Waals surface area contributed by atoms with Crippen LogP contribution in [0, 0.1) is 6.92 Å². The minimum absolute atomic E-state index is 0.546. The van der Waals surface area contributed by atoms with Crippen molar-refractivity contribution in [3.63, 3.8) is 0 Å². The van der Waals surface area contributed by atoms with Crippen LogP contribution >= 0.6 is 11.6 Å². The van der Waals surface area contributed by atoms with Gasteiger partial charge >= 0.3 is 0 Å². The zero-order valence-electron chi connectivity index (χ0n) is 14.7. The number of fused-ring (bicyclic) bond motifs is 3. The standard InChI is InChI=1S/C21H22ClN3/c1-13-7-14(5-6-23-13)15-8-16-10-24(2)12-19-18-9-17(22)3-4-20(18)25(11-15)21(16)19/h3-7,9,15-16H,8,10-12H2,1-2H3. The van der Waals surface area contributed by atoms with Crippen LogP contribution in [0.25, 0.3) is 10.9 Å². The lowest BCUT2D eigenvalue weighted by atomic mass is 9.81. The Morgan fingerprint density at radius 1 is 1.12 bits per heavy atom. The Morgan fingerprint density at radius 3 is 2.84 bits per heavy atom. The largest absolute Gasteiger partial charge is 0.343 e. The van der Waals surface area contributed by atoms with Crippen LogP contribution in [0.3, 0.4) is 0 Å². The van der Waals surface area contributed by atoms with Gasteiger partial charge in [0, 0.05) is 65.0 Å². The summed E-state index contributed by atoms with van der Waals surface area (Å²) < 4.78 is 2.57. The van der Waals surface area contributed by atoms with Crippen LogP contribution in [0.15, 0.2) is 36.5 Å². The second-order valence-corrected chi connectivity index (χ2v) is 8.13. The Kier molecular flexibility index (Phi) is 3.44. The van der Waals surface area contributed by atoms with Crippen LogP contribution in [0.2, 0.25) is 5.02 Å². The summed E-state index contributed by atoms with van der Waals surface area (Å²) in [6.07, 6.45) is 3.16. The molecule has 2 aliphatic heterocycles. The van der Waals surface area contributed by atoms with Gasteiger partial charge in [0.1, 0.15) is 0 Å². The van der Waals surface area contributed by atoms with Gasteiger partial charge < -0.3 is 9.47 Å². The van der Waals surface area contributed by atoms with Crippen molar-refractivity contribution in [3.8, 4) is 0 Å². The summed E-state index contributed by atoms with van der Waals surface area (Å²) in [7, 11) is 2.23. The summed E-state index contributed by atoms with van der Waals surface area (Å²) in [5.41, 5.74) is 6.90. The van der Waals surface area contributed by atoms with Crippen molar-refractivity contribution in [2.45, 2.75) is 38.3 Å². The summed E-state index contributed by atoms with van der Waals surface area (Å²) in [4.78, 5) is 6.83. The topological polar surface area (TPSA) is 21.1 Å². The Labute approximate surface area is 153 Å². The number of likely N-dealkylation sites (N-methyl/N-ethyl adjacent to an activating group) is 1. The van der Waals surface area contributed by atoms with E-state index in [-0.39, 0.29) is 0 Å². The highest BCUT2D eigenvalue weighted by Gasteiger charge is 2.36. The van der Waals surface area contributed by atoms with E-state index in [9.17, 15) is 0 Å². The van der Waals surface area contributed by atoms with Crippen LogP contribution in [0.5, 0.6) is 0 Å². The molecule has 25 heavy (non-hydrogen) atoms. The van der Waals surface area contributed by atoms with E-state index in [4.69, 9.17) is 11.6 Å². The fourth-order valence-corrected chi connectivity index (χ4v) is 5.10. The molecule has 3 aromatic rings. The van der Waals surface area contributed by atoms with E-state index in [2.05, 4.69) is 52.7 Å². The van der Waals surface area contributed by atoms with Crippen molar-refractivity contribution in [2.75, 3.05) is 13.6 Å². The first-order chi connectivity index (χ1) is 12.1. The van der Waals surface area contributed by atoms with Gasteiger partial charge in [0.05, 0.1) is 0 Å². The van der Waals surface area contributed by atoms with E-state index >= 15 is 0 Å². The van der Waals surface area contributed by atoms with Gasteiger partial charge in [-0.25, -0.2) is 0 Å². The molecule has 0 N–H and O–H groups in total. The second kappa shape index (κ2) is 5.58. The van der Waals surface area contributed by atoms with Crippen LogP contribution < -0.4 is 0 Å². The molecule has 0 saturated carbocycles. The third-order valence-corrected chi connectivity index (χ3v) is 6.12. The molecule has 1 aromatic carbocycles. The number of aryl methyl sites for hydroxylation is 1. The number of aromatic nitrogens is 2. The van der Waals surface area contributed by atoms with Gasteiger partial charge in [0.25, 0.3) is 0 Å². The maximum atomic E-state index is 6.31. The van der Waals surface area contributed by atoms with E-state index in [1.54, 1.807) is 5.69 Å². The van der Waals surface area contributed by atoms with Gasteiger partial charge in [-0.05, 0) is 61.9 Å². The van der Waals surface area contributed by atoms with Crippen molar-refractivity contribution < 1.29 is 0 Å². The van der Waals surface area contributed by atoms with Crippen molar-refractivity contribution in [1.82, 2.24) is 14.5 Å². The molecule has 4 heterocycles. The zero-order chi connectivity index (χ0) is 17.1. The number of hydrogen-bond donors (Lipinski definition) is 0. The molecule has 0 aliphatic carbocycles. The lowest BCUT2D eigenvalue weighted by molar-refractivity contribution is 0.244. The van der Waals surface area contributed by atoms with Crippen molar-refractivity contribution in [3.05, 3.63) is 64.1 Å². The molecule has 0 fully saturated rings. The number of rotatable bonds is 1. The molecule has 128 valence electrons. The Morgan fingerprint density at radius 2 is 2.00 bits per heavy atom. The summed E-state index contributed by atoms with van der Waals surface area (Å²) in [5, 5.41) is 2.17. The molecular formula is C21H22ClN3. The van der Waals surface area contributed by atoms with Gasteiger partial charge in [-0.2, -0.15) is 0 Å². The van der Waals surface area contributed by atoms with E-state index in [0.29, 0.717) is 11.8 Å². The molecule has 2 aliphatic rings. The van der Waals surface area contributed by atoms with E-state index in [1.165, 1.54) is 28.5 Å². The van der Waals surface area contributed by atoms with Crippen LogP contribution in [0.4, 0.5) is 0 Å². The Bertz CT molecular complexity index is 975. The minimum Gasteiger partial charge on any atom is -0.343 e. The summed E-state index contributed by atoms with van der Waals surface area (Å²) in [6.45, 7) is 5.29. The first-order valence-corrected chi connectivity index (χ1v) is 9.39. The smallest absolute Gasteiger partial charge is 0.0487 e. The maximum Gasteiger partial charge on any atom is 0.0487 e. The van der Waals surface area contributed by atoms with Gasteiger partial charge in [-0.15, -0.1) is 0 Å². The quantitative estimate of drug-likeness (QED) is 0.632. The average Bonchev–Trinajstić information content (AvgIpc) is 2.89. The summed E-state index contributed by atoms with van der Waals surface area (Å²) >= 11 is 6.31. The highest BCUT2D eigenvalue weighted by molar-refractivity contribution is 6.31. The first-order valence-electron chi connectivity index (χ1n) is 9.02. The van der Waals surface area contributed by atoms with E-state index in [0.717, 1.165) is 30.4 Å². The predicted octanol–water partition coefficient (Wildman–Crippen LogP) is 4.71. The molecule has 0 amide bonds. The van der Waals surface area contributed by atoms with Crippen LogP contribution in [0.1, 0.15) is 40.8 Å². The van der Waals surface area contributed by atoms with E-state index < -0.39 is 0 Å². The first kappa shape index (κ1) is 15.4. The second-order valence-electron chi connectivity index (χ2n) is 7.69. The molecule has 0 spiro atoms. The predicted molar refractivity (Wildman–Crippen MR) is 102 cm³/mol. The van der Waals surface area contributed by atoms with Crippen molar-refractivity contribution in [2.24, 2.45) is 0 Å². The van der Waals surface area contributed by atoms with Crippen LogP contribution in [-0.4, -0.2) is 28.0 Å². The number of halogens is 1. The van der Waals surface area contributed by atoms with E-state index in [1.807, 2.05) is 12.3 Å². The molecule has 5 rings (SSSR count). The maximum absolute atomic E-state index is 6.31. The third-order valence-electron chi connectivity index (χ3n) is 5.89. The summed E-state index contributed by atoms with van der Waals surface area (Å²) in [5.74, 6) is 1.14. The molecule has 0 bridgehead atoms. The van der Waals surface area contributed by atoms with Gasteiger partial charge in [-0.3, -0.25) is 4.98 Å². The van der Waals surface area contributed by atoms with Gasteiger partial charge in [0.2, 0.25) is 0 Å². The van der Waals surface area contributed by atoms with Crippen molar-refractivity contribution in [1.29, 1.82) is 0 Å².